The van der Waals surface area contributed by atoms with Gasteiger partial charge in [0, 0.05) is 0 Å². The summed E-state index contributed by atoms with van der Waals surface area (Å²) in [5.41, 5.74) is 0.209. The topological polar surface area (TPSA) is 160 Å². The van der Waals surface area contributed by atoms with Gasteiger partial charge in [-0.3, -0.25) is 5.32 Å². The standard InChI is InChI=1S/C12H13N5O6S2/c1-5-4-24-7(9(18)19)8(5)25(21,22)17-11(20)15-10-13-6(2)14-12(16-10)23-3/h4H,1-3H3,(H,18,19)(H2,13,14,15,16,17,20). The highest BCUT2D eigenvalue weighted by molar-refractivity contribution is 7.90. The van der Waals surface area contributed by atoms with E-state index in [9.17, 15) is 18.0 Å². The van der Waals surface area contributed by atoms with Crippen LogP contribution in [0.5, 0.6) is 6.01 Å². The van der Waals surface area contributed by atoms with Crippen LogP contribution in [0.3, 0.4) is 0 Å². The molecule has 0 aliphatic carbocycles. The maximum Gasteiger partial charge on any atom is 0.347 e. The van der Waals surface area contributed by atoms with Crippen LogP contribution in [-0.2, 0) is 10.0 Å². The first-order valence-electron chi connectivity index (χ1n) is 6.56. The van der Waals surface area contributed by atoms with Crippen molar-refractivity contribution in [3.8, 4) is 6.01 Å². The summed E-state index contributed by atoms with van der Waals surface area (Å²) in [5.74, 6) is -1.39. The number of sulfonamides is 1. The molecule has 2 aromatic heterocycles. The van der Waals surface area contributed by atoms with Crippen LogP contribution in [0.2, 0.25) is 0 Å². The second kappa shape index (κ2) is 6.98. The number of aromatic carboxylic acids is 1. The van der Waals surface area contributed by atoms with E-state index < -0.39 is 31.8 Å². The molecule has 0 aromatic carbocycles. The van der Waals surface area contributed by atoms with Crippen LogP contribution < -0.4 is 14.8 Å². The van der Waals surface area contributed by atoms with Crippen molar-refractivity contribution in [3.05, 3.63) is 21.6 Å². The number of ether oxygens (including phenoxy) is 1. The number of carbonyl (C=O) groups excluding carboxylic acids is 1. The third kappa shape index (κ3) is 4.19. The van der Waals surface area contributed by atoms with Crippen molar-refractivity contribution in [3.63, 3.8) is 0 Å². The van der Waals surface area contributed by atoms with Crippen molar-refractivity contribution < 1.29 is 27.9 Å². The molecule has 0 aliphatic rings. The average Bonchev–Trinajstić information content (AvgIpc) is 2.88. The van der Waals surface area contributed by atoms with E-state index in [4.69, 9.17) is 9.84 Å². The average molecular weight is 387 g/mol. The Hall–Kier alpha value is -2.80. The molecule has 0 unspecified atom stereocenters. The second-order valence-corrected chi connectivity index (χ2v) is 7.13. The minimum atomic E-state index is -4.40. The van der Waals surface area contributed by atoms with Gasteiger partial charge in [0.1, 0.15) is 15.6 Å². The molecule has 0 atom stereocenters. The number of carboxylic acid groups (broad SMARTS) is 1. The van der Waals surface area contributed by atoms with Crippen LogP contribution in [0.15, 0.2) is 10.3 Å². The first-order chi connectivity index (χ1) is 11.6. The number of carbonyl (C=O) groups is 2. The van der Waals surface area contributed by atoms with Gasteiger partial charge in [-0.05, 0) is 24.8 Å². The summed E-state index contributed by atoms with van der Waals surface area (Å²) < 4.78 is 31.2. The number of methoxy groups -OCH3 is 1. The van der Waals surface area contributed by atoms with Gasteiger partial charge in [0.25, 0.3) is 10.0 Å². The minimum absolute atomic E-state index is 0.0625. The molecule has 2 heterocycles. The lowest BCUT2D eigenvalue weighted by atomic mass is 10.3. The molecule has 0 saturated heterocycles. The van der Waals surface area contributed by atoms with E-state index >= 15 is 0 Å². The molecule has 0 fully saturated rings. The zero-order chi connectivity index (χ0) is 18.8. The molecule has 2 amide bonds. The number of carboxylic acids is 1. The van der Waals surface area contributed by atoms with Gasteiger partial charge < -0.3 is 9.84 Å². The summed E-state index contributed by atoms with van der Waals surface area (Å²) in [5, 5.41) is 12.6. The van der Waals surface area contributed by atoms with Crippen LogP contribution in [0.25, 0.3) is 0 Å². The van der Waals surface area contributed by atoms with Crippen LogP contribution in [0, 0.1) is 13.8 Å². The quantitative estimate of drug-likeness (QED) is 0.673. The van der Waals surface area contributed by atoms with Gasteiger partial charge in [-0.2, -0.15) is 15.0 Å². The number of nitrogens with zero attached hydrogens (tertiary/aromatic N) is 3. The van der Waals surface area contributed by atoms with E-state index in [0.29, 0.717) is 0 Å². The molecule has 0 radical (unpaired) electrons. The molecule has 2 aromatic rings. The minimum Gasteiger partial charge on any atom is -0.477 e. The van der Waals surface area contributed by atoms with E-state index in [1.54, 1.807) is 4.72 Å². The van der Waals surface area contributed by atoms with Crippen molar-refractivity contribution in [1.29, 1.82) is 0 Å². The molecule has 0 spiro atoms. The number of thiophene rings is 1. The maximum absolute atomic E-state index is 12.3. The molecule has 0 saturated carbocycles. The SMILES string of the molecule is COc1nc(C)nc(NC(=O)NS(=O)(=O)c2c(C)csc2C(=O)O)n1. The van der Waals surface area contributed by atoms with E-state index in [1.807, 2.05) is 0 Å². The predicted octanol–water partition coefficient (Wildman–Crippen LogP) is 0.767. The molecule has 2 rings (SSSR count). The van der Waals surface area contributed by atoms with Gasteiger partial charge in [-0.15, -0.1) is 11.3 Å². The second-order valence-electron chi connectivity index (χ2n) is 4.63. The zero-order valence-electron chi connectivity index (χ0n) is 13.2. The number of hydrogen-bond acceptors (Lipinski definition) is 9. The Morgan fingerprint density at radius 1 is 1.24 bits per heavy atom. The molecule has 25 heavy (non-hydrogen) atoms. The smallest absolute Gasteiger partial charge is 0.347 e. The van der Waals surface area contributed by atoms with E-state index in [0.717, 1.165) is 11.3 Å². The molecular formula is C12H13N5O6S2. The van der Waals surface area contributed by atoms with Crippen LogP contribution in [-0.4, -0.2) is 47.6 Å². The highest BCUT2D eigenvalue weighted by atomic mass is 32.2. The molecule has 134 valence electrons. The summed E-state index contributed by atoms with van der Waals surface area (Å²) >= 11 is 0.749. The molecular weight excluding hydrogens is 374 g/mol. The van der Waals surface area contributed by atoms with E-state index in [1.165, 1.54) is 26.3 Å². The number of nitrogens with one attached hydrogen (secondary N) is 2. The number of anilines is 1. The third-order valence-electron chi connectivity index (χ3n) is 2.74. The van der Waals surface area contributed by atoms with Gasteiger partial charge in [-0.25, -0.2) is 22.7 Å². The highest BCUT2D eigenvalue weighted by Crippen LogP contribution is 2.26. The molecule has 3 N–H and O–H groups in total. The fourth-order valence-electron chi connectivity index (χ4n) is 1.82. The van der Waals surface area contributed by atoms with Crippen molar-refractivity contribution in [1.82, 2.24) is 19.7 Å². The molecule has 11 nitrogen and oxygen atoms in total. The lowest BCUT2D eigenvalue weighted by Crippen LogP contribution is -2.35. The monoisotopic (exact) mass is 387 g/mol. The Bertz CT molecular complexity index is 939. The fourth-order valence-corrected chi connectivity index (χ4v) is 4.36. The fraction of sp³-hybridized carbons (Fsp3) is 0.250. The van der Waals surface area contributed by atoms with E-state index in [2.05, 4.69) is 20.3 Å². The van der Waals surface area contributed by atoms with Gasteiger partial charge >= 0.3 is 18.0 Å². The summed E-state index contributed by atoms with van der Waals surface area (Å²) in [6.45, 7) is 2.95. The van der Waals surface area contributed by atoms with Crippen molar-refractivity contribution in [2.45, 2.75) is 18.7 Å². The summed E-state index contributed by atoms with van der Waals surface area (Å²) in [4.78, 5) is 33.6. The largest absolute Gasteiger partial charge is 0.477 e. The third-order valence-corrected chi connectivity index (χ3v) is 5.48. The van der Waals surface area contributed by atoms with Gasteiger partial charge in [0.15, 0.2) is 0 Å². The zero-order valence-corrected chi connectivity index (χ0v) is 14.9. The lowest BCUT2D eigenvalue weighted by molar-refractivity contribution is 0.0698. The Balaban J connectivity index is 2.24. The first kappa shape index (κ1) is 18.5. The van der Waals surface area contributed by atoms with Crippen molar-refractivity contribution in [2.24, 2.45) is 0 Å². The highest BCUT2D eigenvalue weighted by Gasteiger charge is 2.28. The van der Waals surface area contributed by atoms with Gasteiger partial charge in [-0.1, -0.05) is 0 Å². The van der Waals surface area contributed by atoms with Crippen LogP contribution in [0.4, 0.5) is 10.7 Å². The Labute approximate surface area is 146 Å². The van der Waals surface area contributed by atoms with E-state index in [-0.39, 0.29) is 23.3 Å². The summed E-state index contributed by atoms with van der Waals surface area (Å²) in [6, 6.07) is -1.22. The number of hydrogen-bond donors (Lipinski definition) is 3. The Morgan fingerprint density at radius 3 is 2.52 bits per heavy atom. The maximum atomic E-state index is 12.3. The summed E-state index contributed by atoms with van der Waals surface area (Å²) in [7, 11) is -3.09. The van der Waals surface area contributed by atoms with Gasteiger partial charge in [0.05, 0.1) is 7.11 Å². The van der Waals surface area contributed by atoms with Gasteiger partial charge in [0.2, 0.25) is 5.95 Å². The number of amides is 2. The van der Waals surface area contributed by atoms with Crippen molar-refractivity contribution >= 4 is 39.3 Å². The Kier molecular flexibility index (Phi) is 5.18. The number of urea groups is 1. The number of aryl methyl sites for hydroxylation is 2. The van der Waals surface area contributed by atoms with Crippen LogP contribution in [0.1, 0.15) is 21.1 Å². The molecule has 0 bridgehead atoms. The number of rotatable bonds is 5. The Morgan fingerprint density at radius 2 is 1.92 bits per heavy atom. The van der Waals surface area contributed by atoms with Crippen molar-refractivity contribution in [2.75, 3.05) is 12.4 Å². The normalized spacial score (nSPS) is 11.0. The molecule has 0 aliphatic heterocycles. The predicted molar refractivity (Wildman–Crippen MR) is 86.5 cm³/mol. The lowest BCUT2D eigenvalue weighted by Gasteiger charge is -2.09. The molecule has 13 heteroatoms. The van der Waals surface area contributed by atoms with Crippen LogP contribution >= 0.6 is 11.3 Å². The number of aromatic nitrogens is 3. The summed E-state index contributed by atoms with van der Waals surface area (Å²) in [6.07, 6.45) is 0. The first-order valence-corrected chi connectivity index (χ1v) is 8.92.